The van der Waals surface area contributed by atoms with Crippen LogP contribution in [0.3, 0.4) is 0 Å². The first-order chi connectivity index (χ1) is 14.3. The highest BCUT2D eigenvalue weighted by Crippen LogP contribution is 2.38. The zero-order valence-corrected chi connectivity index (χ0v) is 17.6. The van der Waals surface area contributed by atoms with Crippen LogP contribution in [0.1, 0.15) is 68.9 Å². The Morgan fingerprint density at radius 3 is 2.47 bits per heavy atom. The predicted octanol–water partition coefficient (Wildman–Crippen LogP) is 4.06. The summed E-state index contributed by atoms with van der Waals surface area (Å²) in [4.78, 5) is 15.5. The van der Waals surface area contributed by atoms with Gasteiger partial charge in [0.1, 0.15) is 0 Å². The molecule has 1 spiro atoms. The minimum Gasteiger partial charge on any atom is -0.351 e. The van der Waals surface area contributed by atoms with Gasteiger partial charge in [0.25, 0.3) is 0 Å². The Kier molecular flexibility index (Phi) is 6.13. The number of rotatable bonds is 4. The van der Waals surface area contributed by atoms with E-state index in [1.165, 1.54) is 37.8 Å². The summed E-state index contributed by atoms with van der Waals surface area (Å²) in [6.07, 6.45) is 3.55. The highest BCUT2D eigenvalue weighted by molar-refractivity contribution is 5.83. The molecule has 2 heterocycles. The van der Waals surface area contributed by atoms with Crippen molar-refractivity contribution in [1.82, 2.24) is 15.5 Å². The maximum Gasteiger partial charge on any atom is 0.416 e. The van der Waals surface area contributed by atoms with Gasteiger partial charge in [-0.2, -0.15) is 13.2 Å². The van der Waals surface area contributed by atoms with Crippen LogP contribution in [0.2, 0.25) is 0 Å². The van der Waals surface area contributed by atoms with Crippen LogP contribution in [-0.4, -0.2) is 48.1 Å². The Morgan fingerprint density at radius 1 is 1.17 bits per heavy atom. The van der Waals surface area contributed by atoms with Crippen LogP contribution in [0.4, 0.5) is 13.2 Å². The van der Waals surface area contributed by atoms with Crippen LogP contribution in [-0.2, 0) is 11.0 Å². The molecule has 4 nitrogen and oxygen atoms in total. The predicted molar refractivity (Wildman–Crippen MR) is 110 cm³/mol. The Balaban J connectivity index is 1.44. The van der Waals surface area contributed by atoms with Crippen molar-refractivity contribution in [2.75, 3.05) is 19.6 Å². The van der Waals surface area contributed by atoms with Crippen LogP contribution in [0.25, 0.3) is 0 Å². The smallest absolute Gasteiger partial charge is 0.351 e. The van der Waals surface area contributed by atoms with Crippen molar-refractivity contribution in [3.63, 3.8) is 0 Å². The summed E-state index contributed by atoms with van der Waals surface area (Å²) in [7, 11) is 0. The van der Waals surface area contributed by atoms with Gasteiger partial charge in [0.15, 0.2) is 0 Å². The fraction of sp³-hybridized carbons (Fsp3) is 0.696. The lowest BCUT2D eigenvalue weighted by Crippen LogP contribution is -2.60. The van der Waals surface area contributed by atoms with Gasteiger partial charge in [-0.25, -0.2) is 0 Å². The molecular weight excluding hydrogens is 391 g/mol. The molecule has 1 saturated carbocycles. The van der Waals surface area contributed by atoms with Gasteiger partial charge in [-0.3, -0.25) is 9.69 Å². The molecule has 1 amide bonds. The summed E-state index contributed by atoms with van der Waals surface area (Å²) >= 11 is 0. The van der Waals surface area contributed by atoms with Gasteiger partial charge in [-0.05, 0) is 89.2 Å². The lowest BCUT2D eigenvalue weighted by Gasteiger charge is -2.46. The maximum absolute atomic E-state index is 13.0. The summed E-state index contributed by atoms with van der Waals surface area (Å²) in [6.45, 7) is 5.02. The van der Waals surface area contributed by atoms with Gasteiger partial charge in [-0.15, -0.1) is 0 Å². The quantitative estimate of drug-likeness (QED) is 0.768. The number of amides is 1. The molecule has 4 rings (SSSR count). The zero-order valence-electron chi connectivity index (χ0n) is 17.6. The molecule has 7 heteroatoms. The third-order valence-electron chi connectivity index (χ3n) is 7.40. The molecule has 4 unspecified atom stereocenters. The number of benzene rings is 1. The Bertz CT molecular complexity index is 737. The average Bonchev–Trinajstić information content (AvgIpc) is 3.41. The standard InChI is InChI=1S/C23H32F3N3O/c1-16(17-5-7-18(8-6-17)23(24,25)26)21(30)28-19-9-11-22(10-4-12-27-22)15-20(19)29-13-2-3-14-29/h5-8,16,19-20,27H,2-4,9-15H2,1H3,(H,28,30). The number of hydrogen-bond acceptors (Lipinski definition) is 3. The van der Waals surface area contributed by atoms with Crippen LogP contribution in [0, 0.1) is 0 Å². The first-order valence-corrected chi connectivity index (χ1v) is 11.2. The molecule has 2 aliphatic heterocycles. The second-order valence-corrected chi connectivity index (χ2v) is 9.32. The molecule has 4 atom stereocenters. The molecular formula is C23H32F3N3O. The number of carbonyl (C=O) groups is 1. The zero-order chi connectivity index (χ0) is 21.4. The van der Waals surface area contributed by atoms with E-state index in [1.807, 2.05) is 0 Å². The summed E-state index contributed by atoms with van der Waals surface area (Å²) in [5, 5.41) is 7.00. The summed E-state index contributed by atoms with van der Waals surface area (Å²) in [5.41, 5.74) is 0.144. The first-order valence-electron chi connectivity index (χ1n) is 11.2. The molecule has 0 radical (unpaired) electrons. The highest BCUT2D eigenvalue weighted by Gasteiger charge is 2.45. The molecule has 1 aliphatic carbocycles. The number of carbonyl (C=O) groups excluding carboxylic acids is 1. The van der Waals surface area contributed by atoms with Gasteiger partial charge < -0.3 is 10.6 Å². The molecule has 2 N–H and O–H groups in total. The lowest BCUT2D eigenvalue weighted by molar-refractivity contribution is -0.137. The molecule has 0 bridgehead atoms. The van der Waals surface area contributed by atoms with Crippen LogP contribution in [0.15, 0.2) is 24.3 Å². The normalized spacial score (nSPS) is 31.2. The maximum atomic E-state index is 13.0. The number of halogens is 3. The van der Waals surface area contributed by atoms with E-state index in [9.17, 15) is 18.0 Å². The van der Waals surface area contributed by atoms with Crippen LogP contribution < -0.4 is 10.6 Å². The second-order valence-electron chi connectivity index (χ2n) is 9.32. The number of nitrogens with zero attached hydrogens (tertiary/aromatic N) is 1. The van der Waals surface area contributed by atoms with Crippen molar-refractivity contribution in [2.24, 2.45) is 0 Å². The first kappa shape index (κ1) is 21.6. The van der Waals surface area contributed by atoms with E-state index in [0.29, 0.717) is 11.6 Å². The third-order valence-corrected chi connectivity index (χ3v) is 7.40. The molecule has 166 valence electrons. The van der Waals surface area contributed by atoms with E-state index in [-0.39, 0.29) is 17.5 Å². The fourth-order valence-corrected chi connectivity index (χ4v) is 5.57. The second kappa shape index (κ2) is 8.50. The van der Waals surface area contributed by atoms with E-state index < -0.39 is 17.7 Å². The molecule has 0 aromatic heterocycles. The largest absolute Gasteiger partial charge is 0.416 e. The van der Waals surface area contributed by atoms with Crippen LogP contribution >= 0.6 is 0 Å². The summed E-state index contributed by atoms with van der Waals surface area (Å²) < 4.78 is 38.4. The topological polar surface area (TPSA) is 44.4 Å². The number of likely N-dealkylation sites (tertiary alicyclic amines) is 1. The lowest BCUT2D eigenvalue weighted by atomic mass is 9.75. The number of nitrogens with one attached hydrogen (secondary N) is 2. The number of hydrogen-bond donors (Lipinski definition) is 2. The molecule has 1 aromatic rings. The van der Waals surface area contributed by atoms with Gasteiger partial charge in [0.05, 0.1) is 11.5 Å². The Labute approximate surface area is 176 Å². The van der Waals surface area contributed by atoms with Gasteiger partial charge >= 0.3 is 6.18 Å². The average molecular weight is 424 g/mol. The molecule has 2 saturated heterocycles. The minimum absolute atomic E-state index is 0.0977. The van der Waals surface area contributed by atoms with E-state index in [2.05, 4.69) is 15.5 Å². The summed E-state index contributed by atoms with van der Waals surface area (Å²) in [6, 6.07) is 5.38. The van der Waals surface area contributed by atoms with Crippen molar-refractivity contribution >= 4 is 5.91 Å². The third kappa shape index (κ3) is 4.52. The Morgan fingerprint density at radius 2 is 1.87 bits per heavy atom. The molecule has 3 aliphatic rings. The van der Waals surface area contributed by atoms with E-state index >= 15 is 0 Å². The van der Waals surface area contributed by atoms with Crippen molar-refractivity contribution < 1.29 is 18.0 Å². The van der Waals surface area contributed by atoms with E-state index in [4.69, 9.17) is 0 Å². The van der Waals surface area contributed by atoms with Crippen molar-refractivity contribution in [3.8, 4) is 0 Å². The SMILES string of the molecule is CC(C(=O)NC1CCC2(CCCN2)CC1N1CCCC1)c1ccc(C(F)(F)F)cc1. The summed E-state index contributed by atoms with van der Waals surface area (Å²) in [5.74, 6) is -0.578. The van der Waals surface area contributed by atoms with Gasteiger partial charge in [-0.1, -0.05) is 12.1 Å². The van der Waals surface area contributed by atoms with Crippen molar-refractivity contribution in [2.45, 2.75) is 81.6 Å². The fourth-order valence-electron chi connectivity index (χ4n) is 5.57. The van der Waals surface area contributed by atoms with Crippen LogP contribution in [0.5, 0.6) is 0 Å². The molecule has 1 aromatic carbocycles. The van der Waals surface area contributed by atoms with E-state index in [0.717, 1.165) is 51.0 Å². The monoisotopic (exact) mass is 423 g/mol. The minimum atomic E-state index is -4.36. The van der Waals surface area contributed by atoms with E-state index in [1.54, 1.807) is 6.92 Å². The number of alkyl halides is 3. The molecule has 3 fully saturated rings. The Hall–Kier alpha value is -1.60. The van der Waals surface area contributed by atoms with Gasteiger partial charge in [0, 0.05) is 17.6 Å². The highest BCUT2D eigenvalue weighted by atomic mass is 19.4. The molecule has 30 heavy (non-hydrogen) atoms. The van der Waals surface area contributed by atoms with Crippen molar-refractivity contribution in [1.29, 1.82) is 0 Å². The van der Waals surface area contributed by atoms with Gasteiger partial charge in [0.2, 0.25) is 5.91 Å². The van der Waals surface area contributed by atoms with Crippen molar-refractivity contribution in [3.05, 3.63) is 35.4 Å².